The van der Waals surface area contributed by atoms with Gasteiger partial charge in [-0.2, -0.15) is 5.10 Å². The first kappa shape index (κ1) is 10.0. The zero-order chi connectivity index (χ0) is 10.0. The first-order valence-corrected chi connectivity index (χ1v) is 3.98. The molecule has 0 saturated carbocycles. The Labute approximate surface area is 76.6 Å². The molecule has 1 atom stereocenters. The number of aromatic nitrogens is 2. The first-order chi connectivity index (χ1) is 6.11. The van der Waals surface area contributed by atoms with E-state index in [-0.39, 0.29) is 6.61 Å². The Hall–Kier alpha value is -1.07. The molecule has 0 aliphatic carbocycles. The van der Waals surface area contributed by atoms with E-state index in [1.165, 1.54) is 11.8 Å². The van der Waals surface area contributed by atoms with E-state index in [1.54, 1.807) is 14.0 Å². The molecule has 1 unspecified atom stereocenters. The summed E-state index contributed by atoms with van der Waals surface area (Å²) in [7, 11) is 3.23. The van der Waals surface area contributed by atoms with Crippen molar-refractivity contribution in [1.82, 2.24) is 9.78 Å². The van der Waals surface area contributed by atoms with E-state index < -0.39 is 6.10 Å². The Morgan fingerprint density at radius 1 is 1.62 bits per heavy atom. The molecule has 1 aromatic rings. The second-order valence-corrected chi connectivity index (χ2v) is 2.83. The molecular formula is C8H14N2O3. The molecule has 2 N–H and O–H groups in total. The van der Waals surface area contributed by atoms with Gasteiger partial charge in [0.05, 0.1) is 25.0 Å². The van der Waals surface area contributed by atoms with Crippen LogP contribution in [0.15, 0.2) is 0 Å². The van der Waals surface area contributed by atoms with Gasteiger partial charge in [0.1, 0.15) is 6.10 Å². The Kier molecular flexibility index (Phi) is 2.90. The predicted molar refractivity (Wildman–Crippen MR) is 46.5 cm³/mol. The minimum Gasteiger partial charge on any atom is -0.481 e. The fourth-order valence-electron chi connectivity index (χ4n) is 1.37. The average molecular weight is 186 g/mol. The maximum Gasteiger partial charge on any atom is 0.217 e. The van der Waals surface area contributed by atoms with Crippen molar-refractivity contribution in [2.75, 3.05) is 13.7 Å². The van der Waals surface area contributed by atoms with Gasteiger partial charge in [0, 0.05) is 7.05 Å². The molecule has 0 saturated heterocycles. The zero-order valence-electron chi connectivity index (χ0n) is 7.98. The topological polar surface area (TPSA) is 67.5 Å². The molecule has 5 nitrogen and oxygen atoms in total. The fourth-order valence-corrected chi connectivity index (χ4v) is 1.37. The number of nitrogens with zero attached hydrogens (tertiary/aromatic N) is 2. The van der Waals surface area contributed by atoms with Crippen molar-refractivity contribution >= 4 is 0 Å². The van der Waals surface area contributed by atoms with Crippen molar-refractivity contribution in [3.05, 3.63) is 11.3 Å². The third-order valence-corrected chi connectivity index (χ3v) is 1.91. The lowest BCUT2D eigenvalue weighted by Gasteiger charge is -2.08. The summed E-state index contributed by atoms with van der Waals surface area (Å²) >= 11 is 0. The second kappa shape index (κ2) is 3.76. The first-order valence-electron chi connectivity index (χ1n) is 3.98. The molecule has 0 radical (unpaired) electrons. The normalized spacial score (nSPS) is 13.0. The summed E-state index contributed by atoms with van der Waals surface area (Å²) in [5, 5.41) is 22.3. The van der Waals surface area contributed by atoms with E-state index >= 15 is 0 Å². The smallest absolute Gasteiger partial charge is 0.217 e. The molecule has 0 amide bonds. The maximum absolute atomic E-state index is 9.45. The molecule has 0 aliphatic heterocycles. The van der Waals surface area contributed by atoms with Crippen LogP contribution in [-0.2, 0) is 7.05 Å². The van der Waals surface area contributed by atoms with Gasteiger partial charge in [0.2, 0.25) is 5.88 Å². The molecule has 1 heterocycles. The van der Waals surface area contributed by atoms with Crippen molar-refractivity contribution in [1.29, 1.82) is 0 Å². The van der Waals surface area contributed by atoms with E-state index in [0.717, 1.165) is 0 Å². The lowest BCUT2D eigenvalue weighted by atomic mass is 10.1. The number of methoxy groups -OCH3 is 1. The molecule has 74 valence electrons. The summed E-state index contributed by atoms with van der Waals surface area (Å²) in [5.74, 6) is 0.485. The summed E-state index contributed by atoms with van der Waals surface area (Å²) in [4.78, 5) is 0. The molecular weight excluding hydrogens is 172 g/mol. The molecule has 1 rings (SSSR count). The molecule has 0 bridgehead atoms. The van der Waals surface area contributed by atoms with Gasteiger partial charge in [-0.25, -0.2) is 4.68 Å². The van der Waals surface area contributed by atoms with Crippen molar-refractivity contribution in [3.8, 4) is 5.88 Å². The molecule has 0 fully saturated rings. The van der Waals surface area contributed by atoms with Crippen LogP contribution in [0.1, 0.15) is 17.4 Å². The van der Waals surface area contributed by atoms with Gasteiger partial charge in [-0.15, -0.1) is 0 Å². The van der Waals surface area contributed by atoms with Gasteiger partial charge in [0.15, 0.2) is 0 Å². The van der Waals surface area contributed by atoms with E-state index in [0.29, 0.717) is 17.1 Å². The highest BCUT2D eigenvalue weighted by Gasteiger charge is 2.20. The summed E-state index contributed by atoms with van der Waals surface area (Å²) in [5.41, 5.74) is 1.22. The number of hydrogen-bond acceptors (Lipinski definition) is 4. The van der Waals surface area contributed by atoms with Crippen molar-refractivity contribution in [2.24, 2.45) is 7.05 Å². The van der Waals surface area contributed by atoms with Crippen LogP contribution in [0.5, 0.6) is 5.88 Å². The predicted octanol–water partition coefficient (Wildman–Crippen LogP) is -0.237. The fraction of sp³-hybridized carbons (Fsp3) is 0.625. The largest absolute Gasteiger partial charge is 0.481 e. The van der Waals surface area contributed by atoms with E-state index in [1.807, 2.05) is 0 Å². The van der Waals surface area contributed by atoms with Gasteiger partial charge < -0.3 is 14.9 Å². The summed E-state index contributed by atoms with van der Waals surface area (Å²) in [6.07, 6.45) is -0.927. The number of hydrogen-bond donors (Lipinski definition) is 2. The van der Waals surface area contributed by atoms with Crippen molar-refractivity contribution in [3.63, 3.8) is 0 Å². The molecule has 0 aromatic carbocycles. The van der Waals surface area contributed by atoms with E-state index in [4.69, 9.17) is 9.84 Å². The lowest BCUT2D eigenvalue weighted by molar-refractivity contribution is 0.0926. The summed E-state index contributed by atoms with van der Waals surface area (Å²) in [6.45, 7) is 1.43. The van der Waals surface area contributed by atoms with Crippen LogP contribution in [0.4, 0.5) is 0 Å². The molecule has 1 aromatic heterocycles. The van der Waals surface area contributed by atoms with Gasteiger partial charge >= 0.3 is 0 Å². The molecule has 13 heavy (non-hydrogen) atoms. The number of ether oxygens (including phenoxy) is 1. The van der Waals surface area contributed by atoms with Gasteiger partial charge in [-0.1, -0.05) is 0 Å². The van der Waals surface area contributed by atoms with Crippen LogP contribution < -0.4 is 4.74 Å². The molecule has 5 heteroatoms. The van der Waals surface area contributed by atoms with Crippen LogP contribution in [0.2, 0.25) is 0 Å². The Morgan fingerprint density at radius 3 is 2.69 bits per heavy atom. The Bertz CT molecular complexity index is 296. The SMILES string of the molecule is COc1c(C(O)CO)c(C)nn1C. The van der Waals surface area contributed by atoms with Gasteiger partial charge in [-0.3, -0.25) is 0 Å². The number of rotatable bonds is 3. The van der Waals surface area contributed by atoms with Crippen LogP contribution in [0, 0.1) is 6.92 Å². The quantitative estimate of drug-likeness (QED) is 0.683. The number of aliphatic hydroxyl groups excluding tert-OH is 2. The third kappa shape index (κ3) is 1.66. The van der Waals surface area contributed by atoms with Crippen LogP contribution in [-0.4, -0.2) is 33.7 Å². The third-order valence-electron chi connectivity index (χ3n) is 1.91. The van der Waals surface area contributed by atoms with Crippen molar-refractivity contribution in [2.45, 2.75) is 13.0 Å². The van der Waals surface area contributed by atoms with Crippen LogP contribution >= 0.6 is 0 Å². The van der Waals surface area contributed by atoms with Crippen LogP contribution in [0.25, 0.3) is 0 Å². The van der Waals surface area contributed by atoms with E-state index in [9.17, 15) is 5.11 Å². The molecule has 0 aliphatic rings. The standard InChI is InChI=1S/C8H14N2O3/c1-5-7(6(12)4-11)8(13-3)10(2)9-5/h6,11-12H,4H2,1-3H3. The monoisotopic (exact) mass is 186 g/mol. The van der Waals surface area contributed by atoms with Crippen molar-refractivity contribution < 1.29 is 14.9 Å². The number of aliphatic hydroxyl groups is 2. The number of aryl methyl sites for hydroxylation is 2. The highest BCUT2D eigenvalue weighted by molar-refractivity contribution is 5.33. The molecule has 0 spiro atoms. The minimum absolute atomic E-state index is 0.330. The second-order valence-electron chi connectivity index (χ2n) is 2.83. The minimum atomic E-state index is -0.927. The Balaban J connectivity index is 3.16. The van der Waals surface area contributed by atoms with Gasteiger partial charge in [-0.05, 0) is 6.92 Å². The highest BCUT2D eigenvalue weighted by atomic mass is 16.5. The maximum atomic E-state index is 9.45. The average Bonchev–Trinajstić information content (AvgIpc) is 2.39. The van der Waals surface area contributed by atoms with E-state index in [2.05, 4.69) is 5.10 Å². The summed E-state index contributed by atoms with van der Waals surface area (Å²) in [6, 6.07) is 0. The lowest BCUT2D eigenvalue weighted by Crippen LogP contribution is -2.05. The zero-order valence-corrected chi connectivity index (χ0v) is 7.98. The van der Waals surface area contributed by atoms with Gasteiger partial charge in [0.25, 0.3) is 0 Å². The Morgan fingerprint density at radius 2 is 2.23 bits per heavy atom. The summed E-state index contributed by atoms with van der Waals surface area (Å²) < 4.78 is 6.58. The van der Waals surface area contributed by atoms with Crippen LogP contribution in [0.3, 0.4) is 0 Å². The highest BCUT2D eigenvalue weighted by Crippen LogP contribution is 2.27.